The molecule has 2 unspecified atom stereocenters. The van der Waals surface area contributed by atoms with Gasteiger partial charge in [0.05, 0.1) is 22.1 Å². The lowest BCUT2D eigenvalue weighted by Crippen LogP contribution is -2.04. The van der Waals surface area contributed by atoms with Gasteiger partial charge in [0.1, 0.15) is 0 Å². The monoisotopic (exact) mass is 761 g/mol. The summed E-state index contributed by atoms with van der Waals surface area (Å²) in [5, 5.41) is 5.06. The summed E-state index contributed by atoms with van der Waals surface area (Å²) in [6, 6.07) is 60.5. The fourth-order valence-corrected chi connectivity index (χ4v) is 9.11. The van der Waals surface area contributed by atoms with Gasteiger partial charge in [0.15, 0.2) is 17.5 Å². The van der Waals surface area contributed by atoms with Crippen molar-refractivity contribution in [2.24, 2.45) is 11.8 Å². The van der Waals surface area contributed by atoms with Crippen molar-refractivity contribution in [3.05, 3.63) is 176 Å². The molecule has 0 aliphatic heterocycles. The summed E-state index contributed by atoms with van der Waals surface area (Å²) >= 11 is 0. The van der Waals surface area contributed by atoms with Gasteiger partial charge in [-0.25, -0.2) is 15.0 Å². The molecule has 0 saturated heterocycles. The van der Waals surface area contributed by atoms with Crippen LogP contribution in [0.25, 0.3) is 100 Å². The fourth-order valence-electron chi connectivity index (χ4n) is 9.11. The van der Waals surface area contributed by atoms with Gasteiger partial charge in [-0.05, 0) is 96.8 Å². The number of hydrogen-bond acceptors (Lipinski definition) is 3. The van der Waals surface area contributed by atoms with Gasteiger partial charge < -0.3 is 9.13 Å². The summed E-state index contributed by atoms with van der Waals surface area (Å²) in [5.74, 6) is 3.38. The highest BCUT2D eigenvalue weighted by molar-refractivity contribution is 6.13. The molecule has 59 heavy (non-hydrogen) atoms. The standard InChI is InChI=1S/C54H43N5/c1-35-21-27-42(28-22-36(35)2)58-49-20-12-10-18-45(49)47-33-40(26-32-50(47)58)41-25-31-46-44-17-9-11-19-48(44)59(51(46)34-41)43-29-23-39(24-30-43)54-56-52(37-13-5-3-6-14-37)55-53(57-54)38-15-7-4-8-16-38/h3-20,23-27,29-36H,21-22,28H2,1-2H3. The normalized spacial score (nSPS) is 15.9. The Morgan fingerprint density at radius 1 is 0.407 bits per heavy atom. The maximum Gasteiger partial charge on any atom is 0.164 e. The Bertz CT molecular complexity index is 3150. The highest BCUT2D eigenvalue weighted by atomic mass is 15.0. The van der Waals surface area contributed by atoms with Crippen LogP contribution < -0.4 is 0 Å². The molecule has 284 valence electrons. The minimum absolute atomic E-state index is 0.643. The van der Waals surface area contributed by atoms with E-state index in [0.717, 1.165) is 41.1 Å². The number of para-hydroxylation sites is 2. The van der Waals surface area contributed by atoms with Crippen molar-refractivity contribution in [1.29, 1.82) is 0 Å². The lowest BCUT2D eigenvalue weighted by Gasteiger charge is -2.15. The summed E-state index contributed by atoms with van der Waals surface area (Å²) in [6.07, 6.45) is 5.95. The zero-order valence-corrected chi connectivity index (χ0v) is 33.3. The minimum atomic E-state index is 0.643. The summed E-state index contributed by atoms with van der Waals surface area (Å²) < 4.78 is 4.92. The second-order valence-electron chi connectivity index (χ2n) is 16.2. The molecule has 2 atom stereocenters. The average molecular weight is 762 g/mol. The first-order chi connectivity index (χ1) is 29.1. The van der Waals surface area contributed by atoms with Crippen LogP contribution in [0.1, 0.15) is 33.1 Å². The molecule has 7 aromatic carbocycles. The van der Waals surface area contributed by atoms with E-state index in [9.17, 15) is 0 Å². The van der Waals surface area contributed by atoms with Crippen LogP contribution in [0.3, 0.4) is 0 Å². The second-order valence-corrected chi connectivity index (χ2v) is 16.2. The van der Waals surface area contributed by atoms with Crippen LogP contribution in [0, 0.1) is 11.8 Å². The molecular formula is C54H43N5. The predicted molar refractivity (Wildman–Crippen MR) is 245 cm³/mol. The first-order valence-electron chi connectivity index (χ1n) is 20.8. The van der Waals surface area contributed by atoms with Gasteiger partial charge in [-0.3, -0.25) is 0 Å². The van der Waals surface area contributed by atoms with E-state index in [4.69, 9.17) is 15.0 Å². The average Bonchev–Trinajstić information content (AvgIpc) is 3.75. The first-order valence-corrected chi connectivity index (χ1v) is 20.8. The number of nitrogens with zero attached hydrogens (tertiary/aromatic N) is 5. The lowest BCUT2D eigenvalue weighted by molar-refractivity contribution is 0.379. The fraction of sp³-hybridized carbons (Fsp3) is 0.130. The molecule has 11 rings (SSSR count). The Labute approximate surface area is 344 Å². The number of benzene rings is 7. The van der Waals surface area contributed by atoms with E-state index in [1.165, 1.54) is 66.9 Å². The Morgan fingerprint density at radius 2 is 0.898 bits per heavy atom. The molecule has 0 radical (unpaired) electrons. The van der Waals surface area contributed by atoms with E-state index < -0.39 is 0 Å². The number of allylic oxidation sites excluding steroid dienone is 2. The van der Waals surface area contributed by atoms with Crippen LogP contribution in [0.4, 0.5) is 0 Å². The molecule has 1 aliphatic rings. The van der Waals surface area contributed by atoms with E-state index in [2.05, 4.69) is 138 Å². The van der Waals surface area contributed by atoms with Crippen molar-refractivity contribution >= 4 is 49.3 Å². The number of aromatic nitrogens is 5. The number of rotatable bonds is 6. The van der Waals surface area contributed by atoms with Gasteiger partial charge in [-0.15, -0.1) is 0 Å². The van der Waals surface area contributed by atoms with Crippen LogP contribution >= 0.6 is 0 Å². The van der Waals surface area contributed by atoms with E-state index >= 15 is 0 Å². The molecule has 3 aromatic heterocycles. The molecule has 0 bridgehead atoms. The van der Waals surface area contributed by atoms with Crippen molar-refractivity contribution in [1.82, 2.24) is 24.1 Å². The topological polar surface area (TPSA) is 48.5 Å². The third-order valence-electron chi connectivity index (χ3n) is 12.6. The van der Waals surface area contributed by atoms with Crippen LogP contribution in [0.5, 0.6) is 0 Å². The molecule has 5 nitrogen and oxygen atoms in total. The van der Waals surface area contributed by atoms with Gasteiger partial charge in [0.2, 0.25) is 0 Å². The number of hydrogen-bond donors (Lipinski definition) is 0. The smallest absolute Gasteiger partial charge is 0.164 e. The SMILES string of the molecule is CC1CC=C(n2c3ccccc3c3cc(-c4ccc5c6ccccc6n(-c6ccc(-c7nc(-c8ccccc8)nc(-c8ccccc8)n7)cc6)c5c4)ccc32)CCC1C. The van der Waals surface area contributed by atoms with Crippen molar-refractivity contribution in [3.8, 4) is 51.0 Å². The molecule has 3 heterocycles. The molecule has 0 amide bonds. The largest absolute Gasteiger partial charge is 0.313 e. The highest BCUT2D eigenvalue weighted by Gasteiger charge is 2.21. The maximum atomic E-state index is 4.98. The molecule has 5 heteroatoms. The van der Waals surface area contributed by atoms with Crippen molar-refractivity contribution in [3.63, 3.8) is 0 Å². The van der Waals surface area contributed by atoms with E-state index in [1.54, 1.807) is 0 Å². The second kappa shape index (κ2) is 14.4. The van der Waals surface area contributed by atoms with Crippen LogP contribution in [-0.2, 0) is 0 Å². The highest BCUT2D eigenvalue weighted by Crippen LogP contribution is 2.40. The molecule has 1 aliphatic carbocycles. The van der Waals surface area contributed by atoms with Gasteiger partial charge >= 0.3 is 0 Å². The van der Waals surface area contributed by atoms with Gasteiger partial charge in [-0.1, -0.05) is 135 Å². The first kappa shape index (κ1) is 35.1. The van der Waals surface area contributed by atoms with Gasteiger partial charge in [0, 0.05) is 49.6 Å². The zero-order chi connectivity index (χ0) is 39.5. The van der Waals surface area contributed by atoms with Crippen LogP contribution in [-0.4, -0.2) is 24.1 Å². The molecule has 10 aromatic rings. The Hall–Kier alpha value is -7.11. The lowest BCUT2D eigenvalue weighted by atomic mass is 9.91. The summed E-state index contributed by atoms with van der Waals surface area (Å²) in [5.41, 5.74) is 12.7. The van der Waals surface area contributed by atoms with E-state index in [-0.39, 0.29) is 0 Å². The third kappa shape index (κ3) is 6.13. The van der Waals surface area contributed by atoms with Crippen molar-refractivity contribution in [2.75, 3.05) is 0 Å². The molecule has 0 spiro atoms. The summed E-state index contributed by atoms with van der Waals surface area (Å²) in [7, 11) is 0. The Kier molecular flexibility index (Phi) is 8.54. The van der Waals surface area contributed by atoms with Crippen molar-refractivity contribution in [2.45, 2.75) is 33.1 Å². The zero-order valence-electron chi connectivity index (χ0n) is 33.3. The quantitative estimate of drug-likeness (QED) is 0.170. The minimum Gasteiger partial charge on any atom is -0.313 e. The number of fused-ring (bicyclic) bond motifs is 6. The Balaban J connectivity index is 1.01. The third-order valence-corrected chi connectivity index (χ3v) is 12.6. The molecule has 0 N–H and O–H groups in total. The molecule has 0 saturated carbocycles. The van der Waals surface area contributed by atoms with Crippen LogP contribution in [0.15, 0.2) is 176 Å². The summed E-state index contributed by atoms with van der Waals surface area (Å²) in [4.78, 5) is 14.9. The van der Waals surface area contributed by atoms with Crippen molar-refractivity contribution < 1.29 is 0 Å². The maximum absolute atomic E-state index is 4.98. The molecule has 0 fully saturated rings. The van der Waals surface area contributed by atoms with Gasteiger partial charge in [0.25, 0.3) is 0 Å². The van der Waals surface area contributed by atoms with Gasteiger partial charge in [-0.2, -0.15) is 0 Å². The molecular weight excluding hydrogens is 719 g/mol. The Morgan fingerprint density at radius 3 is 1.56 bits per heavy atom. The van der Waals surface area contributed by atoms with E-state index in [1.807, 2.05) is 60.7 Å². The van der Waals surface area contributed by atoms with Crippen LogP contribution in [0.2, 0.25) is 0 Å². The predicted octanol–water partition coefficient (Wildman–Crippen LogP) is 14.0. The summed E-state index contributed by atoms with van der Waals surface area (Å²) in [6.45, 7) is 4.81. The van der Waals surface area contributed by atoms with E-state index in [0.29, 0.717) is 23.4 Å².